The van der Waals surface area contributed by atoms with Crippen LogP contribution in [0.25, 0.3) is 0 Å². The molecule has 0 saturated carbocycles. The Bertz CT molecular complexity index is 1010. The van der Waals surface area contributed by atoms with E-state index in [0.717, 1.165) is 17.7 Å². The fourth-order valence-corrected chi connectivity index (χ4v) is 3.83. The van der Waals surface area contributed by atoms with Gasteiger partial charge in [0.2, 0.25) is 11.8 Å². The maximum atomic E-state index is 12.7. The van der Waals surface area contributed by atoms with Crippen molar-refractivity contribution in [1.82, 2.24) is 10.2 Å². The third-order valence-electron chi connectivity index (χ3n) is 5.68. The molecule has 3 amide bonds. The van der Waals surface area contributed by atoms with E-state index in [0.29, 0.717) is 31.6 Å². The van der Waals surface area contributed by atoms with Gasteiger partial charge in [-0.3, -0.25) is 14.4 Å². The van der Waals surface area contributed by atoms with Gasteiger partial charge in [0.05, 0.1) is 11.6 Å². The van der Waals surface area contributed by atoms with E-state index in [1.165, 1.54) is 19.1 Å². The van der Waals surface area contributed by atoms with Crippen LogP contribution in [-0.4, -0.2) is 35.7 Å². The van der Waals surface area contributed by atoms with Crippen LogP contribution in [0.15, 0.2) is 48.5 Å². The van der Waals surface area contributed by atoms with E-state index >= 15 is 0 Å². The molecule has 2 N–H and O–H groups in total. The summed E-state index contributed by atoms with van der Waals surface area (Å²) >= 11 is 0. The Balaban J connectivity index is 1.53. The average Bonchev–Trinajstić information content (AvgIpc) is 2.78. The smallest absolute Gasteiger partial charge is 0.349 e. The van der Waals surface area contributed by atoms with E-state index in [1.807, 2.05) is 13.0 Å². The first kappa shape index (κ1) is 24.3. The minimum atomic E-state index is -4.45. The summed E-state index contributed by atoms with van der Waals surface area (Å²) in [5.41, 5.74) is 0.894. The van der Waals surface area contributed by atoms with E-state index in [9.17, 15) is 27.6 Å². The standard InChI is InChI=1S/C24H26F3N3O3/c1-15(19-4-3-5-21(14-19)29-16(2)31)28-22(32)17-10-12-30(13-11-17)23(33)18-6-8-20(9-7-18)24(25,26)27/h3-9,14-15,17H,10-13H2,1-2H3,(H,28,32)(H,29,31). The number of carbonyl (C=O) groups excluding carboxylic acids is 3. The second-order valence-electron chi connectivity index (χ2n) is 8.18. The molecule has 0 spiro atoms. The monoisotopic (exact) mass is 461 g/mol. The highest BCUT2D eigenvalue weighted by molar-refractivity contribution is 5.94. The maximum absolute atomic E-state index is 12.7. The third kappa shape index (κ3) is 6.34. The number of carbonyl (C=O) groups is 3. The van der Waals surface area contributed by atoms with Gasteiger partial charge in [0, 0.05) is 37.2 Å². The van der Waals surface area contributed by atoms with E-state index in [1.54, 1.807) is 23.1 Å². The minimum Gasteiger partial charge on any atom is -0.349 e. The molecule has 0 radical (unpaired) electrons. The number of amides is 3. The fraction of sp³-hybridized carbons (Fsp3) is 0.375. The number of rotatable bonds is 5. The predicted octanol–water partition coefficient (Wildman–Crippen LogP) is 4.39. The highest BCUT2D eigenvalue weighted by Crippen LogP contribution is 2.29. The minimum absolute atomic E-state index is 0.117. The molecule has 3 rings (SSSR count). The number of piperidine rings is 1. The molecule has 33 heavy (non-hydrogen) atoms. The Morgan fingerprint density at radius 3 is 2.24 bits per heavy atom. The summed E-state index contributed by atoms with van der Waals surface area (Å²) in [7, 11) is 0. The lowest BCUT2D eigenvalue weighted by atomic mass is 9.94. The lowest BCUT2D eigenvalue weighted by molar-refractivity contribution is -0.137. The van der Waals surface area contributed by atoms with Crippen LogP contribution in [0, 0.1) is 5.92 Å². The molecule has 1 heterocycles. The van der Waals surface area contributed by atoms with Crippen molar-refractivity contribution in [3.8, 4) is 0 Å². The number of hydrogen-bond donors (Lipinski definition) is 2. The molecule has 2 aromatic rings. The van der Waals surface area contributed by atoms with Crippen molar-refractivity contribution in [3.05, 3.63) is 65.2 Å². The first-order valence-corrected chi connectivity index (χ1v) is 10.7. The van der Waals surface area contributed by atoms with Crippen LogP contribution >= 0.6 is 0 Å². The number of hydrogen-bond acceptors (Lipinski definition) is 3. The zero-order valence-electron chi connectivity index (χ0n) is 18.4. The summed E-state index contributed by atoms with van der Waals surface area (Å²) in [6.45, 7) is 3.98. The highest BCUT2D eigenvalue weighted by Gasteiger charge is 2.31. The number of likely N-dealkylation sites (tertiary alicyclic amines) is 1. The highest BCUT2D eigenvalue weighted by atomic mass is 19.4. The average molecular weight is 461 g/mol. The summed E-state index contributed by atoms with van der Waals surface area (Å²) in [6.07, 6.45) is -3.51. The van der Waals surface area contributed by atoms with Gasteiger partial charge in [0.15, 0.2) is 0 Å². The normalized spacial score (nSPS) is 15.6. The van der Waals surface area contributed by atoms with Gasteiger partial charge < -0.3 is 15.5 Å². The SMILES string of the molecule is CC(=O)Nc1cccc(C(C)NC(=O)C2CCN(C(=O)c3ccc(C(F)(F)F)cc3)CC2)c1. The molecule has 1 aliphatic heterocycles. The summed E-state index contributed by atoms with van der Waals surface area (Å²) < 4.78 is 38.1. The van der Waals surface area contributed by atoms with Gasteiger partial charge in [-0.15, -0.1) is 0 Å². The van der Waals surface area contributed by atoms with E-state index < -0.39 is 11.7 Å². The second kappa shape index (κ2) is 10.1. The molecule has 9 heteroatoms. The zero-order valence-corrected chi connectivity index (χ0v) is 18.4. The summed E-state index contributed by atoms with van der Waals surface area (Å²) in [5.74, 6) is -0.899. The Morgan fingerprint density at radius 2 is 1.67 bits per heavy atom. The maximum Gasteiger partial charge on any atom is 0.416 e. The van der Waals surface area contributed by atoms with Gasteiger partial charge in [0.25, 0.3) is 5.91 Å². The molecule has 1 fully saturated rings. The molecule has 1 atom stereocenters. The lowest BCUT2D eigenvalue weighted by Gasteiger charge is -2.32. The molecule has 176 valence electrons. The summed E-state index contributed by atoms with van der Waals surface area (Å²) in [4.78, 5) is 38.2. The van der Waals surface area contributed by atoms with Crippen LogP contribution in [0.4, 0.5) is 18.9 Å². The van der Waals surface area contributed by atoms with Gasteiger partial charge >= 0.3 is 6.18 Å². The van der Waals surface area contributed by atoms with Crippen molar-refractivity contribution >= 4 is 23.4 Å². The van der Waals surface area contributed by atoms with Crippen LogP contribution < -0.4 is 10.6 Å². The number of nitrogens with zero attached hydrogens (tertiary/aromatic N) is 1. The van der Waals surface area contributed by atoms with Crippen LogP contribution in [0.2, 0.25) is 0 Å². The Labute approximate surface area is 190 Å². The number of benzene rings is 2. The molecule has 6 nitrogen and oxygen atoms in total. The number of halogens is 3. The van der Waals surface area contributed by atoms with Crippen LogP contribution in [0.1, 0.15) is 54.2 Å². The second-order valence-corrected chi connectivity index (χ2v) is 8.18. The van der Waals surface area contributed by atoms with Gasteiger partial charge in [-0.2, -0.15) is 13.2 Å². The Hall–Kier alpha value is -3.36. The molecule has 1 aliphatic rings. The largest absolute Gasteiger partial charge is 0.416 e. The van der Waals surface area contributed by atoms with Crippen molar-refractivity contribution in [1.29, 1.82) is 0 Å². The van der Waals surface area contributed by atoms with Gasteiger partial charge in [-0.05, 0) is 61.7 Å². The first-order valence-electron chi connectivity index (χ1n) is 10.7. The summed E-state index contributed by atoms with van der Waals surface area (Å²) in [5, 5.41) is 5.69. The zero-order chi connectivity index (χ0) is 24.2. The third-order valence-corrected chi connectivity index (χ3v) is 5.68. The van der Waals surface area contributed by atoms with Gasteiger partial charge in [-0.25, -0.2) is 0 Å². The quantitative estimate of drug-likeness (QED) is 0.693. The van der Waals surface area contributed by atoms with Crippen LogP contribution in [0.3, 0.4) is 0 Å². The number of nitrogens with one attached hydrogen (secondary N) is 2. The molecule has 0 bridgehead atoms. The van der Waals surface area contributed by atoms with E-state index in [2.05, 4.69) is 10.6 Å². The molecule has 0 aromatic heterocycles. The van der Waals surface area contributed by atoms with Crippen LogP contribution in [0.5, 0.6) is 0 Å². The molecule has 1 saturated heterocycles. The summed E-state index contributed by atoms with van der Waals surface area (Å²) in [6, 6.07) is 11.1. The molecular formula is C24H26F3N3O3. The lowest BCUT2D eigenvalue weighted by Crippen LogP contribution is -2.43. The van der Waals surface area contributed by atoms with Gasteiger partial charge in [0.1, 0.15) is 0 Å². The van der Waals surface area contributed by atoms with Crippen molar-refractivity contribution in [2.24, 2.45) is 5.92 Å². The van der Waals surface area contributed by atoms with E-state index in [4.69, 9.17) is 0 Å². The van der Waals surface area contributed by atoms with Crippen molar-refractivity contribution in [3.63, 3.8) is 0 Å². The van der Waals surface area contributed by atoms with Crippen molar-refractivity contribution in [2.45, 2.75) is 38.9 Å². The number of alkyl halides is 3. The number of anilines is 1. The molecular weight excluding hydrogens is 435 g/mol. The van der Waals surface area contributed by atoms with Crippen molar-refractivity contribution in [2.75, 3.05) is 18.4 Å². The van der Waals surface area contributed by atoms with Crippen LogP contribution in [-0.2, 0) is 15.8 Å². The van der Waals surface area contributed by atoms with Gasteiger partial charge in [-0.1, -0.05) is 12.1 Å². The van der Waals surface area contributed by atoms with E-state index in [-0.39, 0.29) is 35.2 Å². The molecule has 2 aromatic carbocycles. The predicted molar refractivity (Wildman–Crippen MR) is 117 cm³/mol. The Morgan fingerprint density at radius 1 is 1.03 bits per heavy atom. The topological polar surface area (TPSA) is 78.5 Å². The fourth-order valence-electron chi connectivity index (χ4n) is 3.83. The Kier molecular flexibility index (Phi) is 7.40. The molecule has 1 unspecified atom stereocenters. The van der Waals surface area contributed by atoms with Crippen molar-refractivity contribution < 1.29 is 27.6 Å². The first-order chi connectivity index (χ1) is 15.5. The molecule has 0 aliphatic carbocycles.